The molecule has 0 atom stereocenters. The molecule has 0 aliphatic rings. The molecule has 0 amide bonds. The van der Waals surface area contributed by atoms with Crippen LogP contribution in [0, 0.1) is 17.5 Å². The van der Waals surface area contributed by atoms with Gasteiger partial charge in [-0.3, -0.25) is 4.79 Å². The third-order valence-electron chi connectivity index (χ3n) is 2.80. The highest BCUT2D eigenvalue weighted by atomic mass is 79.9. The molecular formula is C14H9BrF3NO. The second-order valence-corrected chi connectivity index (χ2v) is 5.01. The Morgan fingerprint density at radius 1 is 1.10 bits per heavy atom. The predicted molar refractivity (Wildman–Crippen MR) is 72.9 cm³/mol. The molecule has 0 bridgehead atoms. The van der Waals surface area contributed by atoms with E-state index in [4.69, 9.17) is 5.73 Å². The molecule has 0 fully saturated rings. The Morgan fingerprint density at radius 3 is 2.45 bits per heavy atom. The van der Waals surface area contributed by atoms with Crippen molar-refractivity contribution in [3.63, 3.8) is 0 Å². The quantitative estimate of drug-likeness (QED) is 0.522. The normalized spacial score (nSPS) is 10.6. The molecule has 2 rings (SSSR count). The minimum Gasteiger partial charge on any atom is -0.396 e. The Balaban J connectivity index is 2.32. The molecule has 2 aromatic rings. The van der Waals surface area contributed by atoms with Crippen LogP contribution in [-0.4, -0.2) is 5.78 Å². The molecule has 0 saturated carbocycles. The molecular weight excluding hydrogens is 335 g/mol. The fourth-order valence-electron chi connectivity index (χ4n) is 1.69. The lowest BCUT2D eigenvalue weighted by Gasteiger charge is -2.07. The Bertz CT molecular complexity index is 688. The number of Topliss-reactive ketones (excluding diaryl/α,β-unsaturated/α-hetero) is 1. The number of rotatable bonds is 3. The van der Waals surface area contributed by atoms with Gasteiger partial charge >= 0.3 is 0 Å². The molecule has 2 nitrogen and oxygen atoms in total. The number of carbonyl (C=O) groups is 1. The maximum atomic E-state index is 13.7. The van der Waals surface area contributed by atoms with Gasteiger partial charge in [-0.05, 0) is 46.3 Å². The van der Waals surface area contributed by atoms with Crippen molar-refractivity contribution in [2.24, 2.45) is 0 Å². The van der Waals surface area contributed by atoms with Gasteiger partial charge < -0.3 is 5.73 Å². The van der Waals surface area contributed by atoms with Gasteiger partial charge in [-0.25, -0.2) is 13.2 Å². The van der Waals surface area contributed by atoms with Gasteiger partial charge in [0.1, 0.15) is 17.5 Å². The van der Waals surface area contributed by atoms with Crippen LogP contribution in [0.25, 0.3) is 0 Å². The first kappa shape index (κ1) is 14.6. The van der Waals surface area contributed by atoms with E-state index in [0.717, 1.165) is 12.1 Å². The van der Waals surface area contributed by atoms with Gasteiger partial charge in [0.05, 0.1) is 10.2 Å². The van der Waals surface area contributed by atoms with E-state index in [-0.39, 0.29) is 21.3 Å². The largest absolute Gasteiger partial charge is 0.396 e. The lowest BCUT2D eigenvalue weighted by Crippen LogP contribution is -2.08. The van der Waals surface area contributed by atoms with Crippen LogP contribution in [0.3, 0.4) is 0 Å². The van der Waals surface area contributed by atoms with Crippen molar-refractivity contribution in [2.45, 2.75) is 6.42 Å². The highest BCUT2D eigenvalue weighted by molar-refractivity contribution is 9.10. The van der Waals surface area contributed by atoms with E-state index in [1.165, 1.54) is 18.2 Å². The zero-order valence-electron chi connectivity index (χ0n) is 10.1. The second-order valence-electron chi connectivity index (χ2n) is 4.16. The van der Waals surface area contributed by atoms with Crippen molar-refractivity contribution in [1.29, 1.82) is 0 Å². The number of hydrogen-bond donors (Lipinski definition) is 1. The zero-order valence-corrected chi connectivity index (χ0v) is 11.7. The topological polar surface area (TPSA) is 43.1 Å². The lowest BCUT2D eigenvalue weighted by molar-refractivity contribution is 0.0990. The number of carbonyl (C=O) groups excluding carboxylic acids is 1. The first-order chi connectivity index (χ1) is 9.40. The predicted octanol–water partition coefficient (Wildman–Crippen LogP) is 3.87. The Kier molecular flexibility index (Phi) is 4.13. The average molecular weight is 344 g/mol. The summed E-state index contributed by atoms with van der Waals surface area (Å²) in [4.78, 5) is 11.9. The number of nitrogen functional groups attached to an aromatic ring is 1. The Morgan fingerprint density at radius 2 is 1.80 bits per heavy atom. The van der Waals surface area contributed by atoms with E-state index >= 15 is 0 Å². The van der Waals surface area contributed by atoms with Crippen LogP contribution in [0.5, 0.6) is 0 Å². The molecule has 0 aromatic heterocycles. The lowest BCUT2D eigenvalue weighted by atomic mass is 10.0. The van der Waals surface area contributed by atoms with Gasteiger partial charge in [0.15, 0.2) is 5.78 Å². The average Bonchev–Trinajstić information content (AvgIpc) is 2.42. The van der Waals surface area contributed by atoms with Gasteiger partial charge in [-0.2, -0.15) is 0 Å². The molecule has 104 valence electrons. The first-order valence-corrected chi connectivity index (χ1v) is 6.40. The van der Waals surface area contributed by atoms with Gasteiger partial charge in [0, 0.05) is 17.5 Å². The highest BCUT2D eigenvalue weighted by Crippen LogP contribution is 2.23. The summed E-state index contributed by atoms with van der Waals surface area (Å²) in [7, 11) is 0. The molecule has 20 heavy (non-hydrogen) atoms. The number of benzene rings is 2. The van der Waals surface area contributed by atoms with Crippen LogP contribution >= 0.6 is 15.9 Å². The third kappa shape index (κ3) is 2.85. The first-order valence-electron chi connectivity index (χ1n) is 5.60. The maximum absolute atomic E-state index is 13.7. The molecule has 2 aromatic carbocycles. The van der Waals surface area contributed by atoms with Crippen LogP contribution < -0.4 is 5.73 Å². The van der Waals surface area contributed by atoms with Crippen molar-refractivity contribution in [3.05, 3.63) is 63.4 Å². The van der Waals surface area contributed by atoms with Crippen LogP contribution in [0.4, 0.5) is 18.9 Å². The maximum Gasteiger partial charge on any atom is 0.167 e. The van der Waals surface area contributed by atoms with Crippen LogP contribution in [0.2, 0.25) is 0 Å². The van der Waals surface area contributed by atoms with Crippen molar-refractivity contribution in [2.75, 3.05) is 5.73 Å². The molecule has 0 saturated heterocycles. The fraction of sp³-hybridized carbons (Fsp3) is 0.0714. The second kappa shape index (κ2) is 5.66. The highest BCUT2D eigenvalue weighted by Gasteiger charge is 2.17. The summed E-state index contributed by atoms with van der Waals surface area (Å²) >= 11 is 2.92. The van der Waals surface area contributed by atoms with E-state index in [9.17, 15) is 18.0 Å². The molecule has 0 radical (unpaired) electrons. The number of anilines is 1. The van der Waals surface area contributed by atoms with Gasteiger partial charge in [0.25, 0.3) is 0 Å². The Labute approximate surface area is 121 Å². The van der Waals surface area contributed by atoms with Crippen molar-refractivity contribution in [3.8, 4) is 0 Å². The molecule has 6 heteroatoms. The van der Waals surface area contributed by atoms with Crippen LogP contribution in [-0.2, 0) is 6.42 Å². The molecule has 0 aliphatic heterocycles. The fourth-order valence-corrected chi connectivity index (χ4v) is 2.07. The van der Waals surface area contributed by atoms with E-state index in [1.807, 2.05) is 0 Å². The summed E-state index contributed by atoms with van der Waals surface area (Å²) in [5.74, 6) is -3.00. The number of nitrogens with two attached hydrogens (primary N) is 1. The van der Waals surface area contributed by atoms with Crippen molar-refractivity contribution >= 4 is 27.4 Å². The van der Waals surface area contributed by atoms with Crippen molar-refractivity contribution < 1.29 is 18.0 Å². The Hall–Kier alpha value is -1.82. The number of ketones is 1. The summed E-state index contributed by atoms with van der Waals surface area (Å²) in [6, 6.07) is 5.76. The molecule has 2 N–H and O–H groups in total. The van der Waals surface area contributed by atoms with Gasteiger partial charge in [-0.1, -0.05) is 0 Å². The monoisotopic (exact) mass is 343 g/mol. The summed E-state index contributed by atoms with van der Waals surface area (Å²) in [6.07, 6.45) is -0.500. The third-order valence-corrected chi connectivity index (χ3v) is 3.41. The van der Waals surface area contributed by atoms with E-state index in [1.54, 1.807) is 0 Å². The summed E-state index contributed by atoms with van der Waals surface area (Å²) < 4.78 is 40.6. The van der Waals surface area contributed by atoms with Crippen molar-refractivity contribution in [1.82, 2.24) is 0 Å². The molecule has 0 heterocycles. The summed E-state index contributed by atoms with van der Waals surface area (Å²) in [6.45, 7) is 0. The van der Waals surface area contributed by atoms with E-state index in [2.05, 4.69) is 15.9 Å². The standard InChI is InChI=1S/C14H9BrF3NO/c15-9-2-3-10(16)8(14(9)18)6-13(20)7-1-4-12(19)11(17)5-7/h1-5H,6,19H2. The van der Waals surface area contributed by atoms with Gasteiger partial charge in [0.2, 0.25) is 0 Å². The van der Waals surface area contributed by atoms with Gasteiger partial charge in [-0.15, -0.1) is 0 Å². The SMILES string of the molecule is Nc1ccc(C(=O)Cc2c(F)ccc(Br)c2F)cc1F. The zero-order chi connectivity index (χ0) is 14.9. The van der Waals surface area contributed by atoms with E-state index in [0.29, 0.717) is 0 Å². The molecule has 0 spiro atoms. The number of hydrogen-bond acceptors (Lipinski definition) is 2. The van der Waals surface area contributed by atoms with Crippen LogP contribution in [0.15, 0.2) is 34.8 Å². The van der Waals surface area contributed by atoms with E-state index < -0.39 is 29.7 Å². The minimum absolute atomic E-state index is 0.00970. The molecule has 0 unspecified atom stereocenters. The molecule has 0 aliphatic carbocycles. The summed E-state index contributed by atoms with van der Waals surface area (Å²) in [5, 5.41) is 0. The minimum atomic E-state index is -0.839. The number of halogens is 4. The van der Waals surface area contributed by atoms with Crippen LogP contribution in [0.1, 0.15) is 15.9 Å². The summed E-state index contributed by atoms with van der Waals surface area (Å²) in [5.41, 5.74) is 4.85. The smallest absolute Gasteiger partial charge is 0.167 e.